The van der Waals surface area contributed by atoms with E-state index in [9.17, 15) is 31.0 Å². The summed E-state index contributed by atoms with van der Waals surface area (Å²) in [5.41, 5.74) is 8.21. The third-order valence-corrected chi connectivity index (χ3v) is 10.1. The summed E-state index contributed by atoms with van der Waals surface area (Å²) in [6.45, 7) is 1.66. The molecule has 1 heterocycles. The molecule has 6 rings (SSSR count). The molecule has 47 heavy (non-hydrogen) atoms. The fourth-order valence-corrected chi connectivity index (χ4v) is 7.28. The number of hydrogen-bond acceptors (Lipinski definition) is 12. The van der Waals surface area contributed by atoms with Crippen molar-refractivity contribution in [3.05, 3.63) is 89.4 Å². The number of anilines is 1. The quantitative estimate of drug-likeness (QED) is 0.0707. The third-order valence-electron chi connectivity index (χ3n) is 6.93. The summed E-state index contributed by atoms with van der Waals surface area (Å²) in [6, 6.07) is 19.8. The van der Waals surface area contributed by atoms with E-state index in [0.717, 1.165) is 11.6 Å². The third kappa shape index (κ3) is 6.55. The van der Waals surface area contributed by atoms with Crippen molar-refractivity contribution < 1.29 is 31.0 Å². The first-order chi connectivity index (χ1) is 22.2. The van der Waals surface area contributed by atoms with Crippen molar-refractivity contribution in [3.63, 3.8) is 0 Å². The molecule has 17 heteroatoms. The first-order valence-corrected chi connectivity index (χ1v) is 17.4. The monoisotopic (exact) mass is 708 g/mol. The van der Waals surface area contributed by atoms with Gasteiger partial charge in [-0.2, -0.15) is 27.1 Å². The second-order valence-electron chi connectivity index (χ2n) is 10.2. The number of nitrogens with two attached hydrogens (primary N) is 1. The Morgan fingerprint density at radius 1 is 0.766 bits per heavy atom. The molecule has 0 spiro atoms. The Labute approximate surface area is 276 Å². The lowest BCUT2D eigenvalue weighted by Crippen LogP contribution is -1.99. The Hall–Kier alpha value is -4.84. The lowest BCUT2D eigenvalue weighted by atomic mass is 10.1. The number of halogens is 1. The number of thiazole rings is 1. The van der Waals surface area contributed by atoms with Gasteiger partial charge >= 0.3 is 0 Å². The molecule has 0 fully saturated rings. The maximum Gasteiger partial charge on any atom is 0.296 e. The number of benzene rings is 5. The number of aromatic hydroxyl groups is 1. The van der Waals surface area contributed by atoms with Crippen LogP contribution in [0.4, 0.5) is 28.4 Å². The number of phenols is 1. The fourth-order valence-electron chi connectivity index (χ4n) is 4.65. The highest BCUT2D eigenvalue weighted by molar-refractivity contribution is 7.86. The zero-order valence-corrected chi connectivity index (χ0v) is 27.1. The van der Waals surface area contributed by atoms with Crippen LogP contribution in [0, 0.1) is 6.92 Å². The SMILES string of the molecule is Cc1cc(N=Nc2c(S(=O)(=O)O)cc3c(ccc4nc(-c5ccc(N)cc5)sc43)c2O)ccc1N=Nc1ccc(Cl)cc1S(=O)(=O)O. The van der Waals surface area contributed by atoms with Crippen LogP contribution in [0.15, 0.2) is 109 Å². The molecule has 0 unspecified atom stereocenters. The van der Waals surface area contributed by atoms with Gasteiger partial charge in [-0.1, -0.05) is 11.6 Å². The summed E-state index contributed by atoms with van der Waals surface area (Å²) >= 11 is 7.12. The van der Waals surface area contributed by atoms with Crippen LogP contribution < -0.4 is 5.73 Å². The Bertz CT molecular complexity index is 2520. The molecule has 0 saturated carbocycles. The van der Waals surface area contributed by atoms with E-state index < -0.39 is 41.5 Å². The highest BCUT2D eigenvalue weighted by Crippen LogP contribution is 2.45. The summed E-state index contributed by atoms with van der Waals surface area (Å²) < 4.78 is 68.6. The molecule has 1 aromatic heterocycles. The molecular weight excluding hydrogens is 688 g/mol. The number of phenolic OH excluding ortho intramolecular Hbond substituents is 1. The highest BCUT2D eigenvalue weighted by Gasteiger charge is 2.24. The van der Waals surface area contributed by atoms with Gasteiger partial charge < -0.3 is 10.8 Å². The summed E-state index contributed by atoms with van der Waals surface area (Å²) in [6.07, 6.45) is 0. The lowest BCUT2D eigenvalue weighted by Gasteiger charge is -2.09. The predicted molar refractivity (Wildman–Crippen MR) is 179 cm³/mol. The molecule has 238 valence electrons. The topological polar surface area (TPSA) is 217 Å². The Morgan fingerprint density at radius 2 is 1.45 bits per heavy atom. The Balaban J connectivity index is 1.37. The molecule has 0 aliphatic rings. The maximum atomic E-state index is 12.5. The maximum absolute atomic E-state index is 12.5. The van der Waals surface area contributed by atoms with Gasteiger partial charge in [-0.05, 0) is 91.3 Å². The van der Waals surface area contributed by atoms with Gasteiger partial charge in [0.1, 0.15) is 26.2 Å². The van der Waals surface area contributed by atoms with E-state index in [-0.39, 0.29) is 21.8 Å². The van der Waals surface area contributed by atoms with Crippen LogP contribution in [0.25, 0.3) is 31.6 Å². The van der Waals surface area contributed by atoms with Gasteiger partial charge in [0.2, 0.25) is 0 Å². The number of nitrogens with zero attached hydrogens (tertiary/aromatic N) is 5. The number of azo groups is 2. The van der Waals surface area contributed by atoms with E-state index in [4.69, 9.17) is 17.3 Å². The Morgan fingerprint density at radius 3 is 2.13 bits per heavy atom. The average molecular weight is 709 g/mol. The molecule has 0 bridgehead atoms. The number of aryl methyl sites for hydroxylation is 1. The summed E-state index contributed by atoms with van der Waals surface area (Å²) in [7, 11) is -9.49. The number of nitrogen functional groups attached to an aromatic ring is 1. The number of aromatic nitrogens is 1. The summed E-state index contributed by atoms with van der Waals surface area (Å²) in [4.78, 5) is 3.47. The minimum atomic E-state index is -4.88. The van der Waals surface area contributed by atoms with Crippen LogP contribution in [-0.4, -0.2) is 36.0 Å². The lowest BCUT2D eigenvalue weighted by molar-refractivity contribution is 0.472. The van der Waals surface area contributed by atoms with Crippen LogP contribution in [0.3, 0.4) is 0 Å². The van der Waals surface area contributed by atoms with Crippen molar-refractivity contribution in [2.45, 2.75) is 16.7 Å². The average Bonchev–Trinajstić information content (AvgIpc) is 3.45. The smallest absolute Gasteiger partial charge is 0.296 e. The van der Waals surface area contributed by atoms with Crippen molar-refractivity contribution in [1.29, 1.82) is 0 Å². The van der Waals surface area contributed by atoms with Gasteiger partial charge in [-0.15, -0.1) is 21.6 Å². The fraction of sp³-hybridized carbons (Fsp3) is 0.0333. The van der Waals surface area contributed by atoms with Gasteiger partial charge in [-0.3, -0.25) is 9.11 Å². The molecule has 0 saturated heterocycles. The minimum absolute atomic E-state index is 0.0809. The molecule has 5 N–H and O–H groups in total. The second-order valence-corrected chi connectivity index (χ2v) is 14.4. The van der Waals surface area contributed by atoms with Gasteiger partial charge in [-0.25, -0.2) is 4.98 Å². The molecule has 5 aromatic carbocycles. The van der Waals surface area contributed by atoms with E-state index in [1.165, 1.54) is 47.7 Å². The van der Waals surface area contributed by atoms with Gasteiger partial charge in [0.15, 0.2) is 5.75 Å². The Kier molecular flexibility index (Phi) is 8.25. The number of fused-ring (bicyclic) bond motifs is 3. The number of hydrogen-bond donors (Lipinski definition) is 4. The van der Waals surface area contributed by atoms with Gasteiger partial charge in [0.05, 0.1) is 21.6 Å². The van der Waals surface area contributed by atoms with Crippen molar-refractivity contribution in [2.24, 2.45) is 20.5 Å². The van der Waals surface area contributed by atoms with Crippen LogP contribution in [0.2, 0.25) is 5.02 Å². The zero-order chi connectivity index (χ0) is 33.7. The van der Waals surface area contributed by atoms with Gasteiger partial charge in [0.25, 0.3) is 20.2 Å². The number of rotatable bonds is 7. The van der Waals surface area contributed by atoms with E-state index in [0.29, 0.717) is 37.5 Å². The standard InChI is InChI=1S/C30H21ClN6O7S3/c1-15-12-19(7-10-22(15)35-36-23-9-4-17(31)13-25(23)46(39,40)41)34-37-27-26(47(42,43)44)14-21-20(28(27)38)8-11-24-29(21)45-30(33-24)16-2-5-18(32)6-3-16/h2-14,38H,32H2,1H3,(H,39,40,41)(H,42,43,44). The minimum Gasteiger partial charge on any atom is -0.505 e. The molecule has 13 nitrogen and oxygen atoms in total. The van der Waals surface area contributed by atoms with Crippen molar-refractivity contribution in [3.8, 4) is 16.3 Å². The van der Waals surface area contributed by atoms with E-state index in [2.05, 4.69) is 25.4 Å². The molecule has 0 aliphatic heterocycles. The highest BCUT2D eigenvalue weighted by atomic mass is 35.5. The van der Waals surface area contributed by atoms with Crippen LogP contribution in [-0.2, 0) is 20.2 Å². The molecule has 0 amide bonds. The van der Waals surface area contributed by atoms with E-state index >= 15 is 0 Å². The molecule has 0 atom stereocenters. The first kappa shape index (κ1) is 32.1. The summed E-state index contributed by atoms with van der Waals surface area (Å²) in [5.74, 6) is -0.511. The van der Waals surface area contributed by atoms with Crippen molar-refractivity contribution in [1.82, 2.24) is 4.98 Å². The summed E-state index contributed by atoms with van der Waals surface area (Å²) in [5, 5.41) is 28.6. The second kappa shape index (κ2) is 12.1. The largest absolute Gasteiger partial charge is 0.505 e. The van der Waals surface area contributed by atoms with Crippen LogP contribution in [0.5, 0.6) is 5.75 Å². The zero-order valence-electron chi connectivity index (χ0n) is 23.9. The van der Waals surface area contributed by atoms with Crippen molar-refractivity contribution in [2.75, 3.05) is 5.73 Å². The molecule has 6 aromatic rings. The molecule has 0 radical (unpaired) electrons. The van der Waals surface area contributed by atoms with E-state index in [1.807, 2.05) is 12.1 Å². The van der Waals surface area contributed by atoms with Crippen LogP contribution >= 0.6 is 22.9 Å². The van der Waals surface area contributed by atoms with Gasteiger partial charge in [0, 0.05) is 27.0 Å². The van der Waals surface area contributed by atoms with Crippen molar-refractivity contribution >= 4 is 92.6 Å². The molecular formula is C30H21ClN6O7S3. The molecule has 0 aliphatic carbocycles. The first-order valence-electron chi connectivity index (χ1n) is 13.3. The van der Waals surface area contributed by atoms with E-state index in [1.54, 1.807) is 31.2 Å². The van der Waals surface area contributed by atoms with Crippen LogP contribution in [0.1, 0.15) is 5.56 Å². The normalized spacial score (nSPS) is 12.6. The predicted octanol–water partition coefficient (Wildman–Crippen LogP) is 8.69.